The zero-order chi connectivity index (χ0) is 12.3. The van der Waals surface area contributed by atoms with E-state index in [2.05, 4.69) is 24.8 Å². The first-order chi connectivity index (χ1) is 8.38. The van der Waals surface area contributed by atoms with E-state index in [1.54, 1.807) is 0 Å². The number of unbranched alkanes of at least 4 members (excludes halogenated alkanes) is 2. The van der Waals surface area contributed by atoms with Crippen LogP contribution in [0.2, 0.25) is 0 Å². The largest absolute Gasteiger partial charge is 0.198 e. The van der Waals surface area contributed by atoms with Gasteiger partial charge in [0.15, 0.2) is 0 Å². The Bertz CT molecular complexity index is 384. The topological polar surface area (TPSA) is 23.8 Å². The predicted octanol–water partition coefficient (Wildman–Crippen LogP) is 4.60. The first kappa shape index (κ1) is 13.3. The van der Waals surface area contributed by atoms with Gasteiger partial charge in [-0.1, -0.05) is 48.6 Å². The highest BCUT2D eigenvalue weighted by Gasteiger charge is 2.06. The van der Waals surface area contributed by atoms with Crippen LogP contribution in [0.3, 0.4) is 0 Å². The molecule has 0 radical (unpaired) electrons. The molecule has 1 rings (SSSR count). The summed E-state index contributed by atoms with van der Waals surface area (Å²) in [6, 6.07) is 12.3. The van der Waals surface area contributed by atoms with Crippen LogP contribution in [-0.4, -0.2) is 0 Å². The van der Waals surface area contributed by atoms with Gasteiger partial charge in [0.05, 0.1) is 12.0 Å². The lowest BCUT2D eigenvalue weighted by Gasteiger charge is -2.05. The Morgan fingerprint density at radius 2 is 1.94 bits per heavy atom. The fraction of sp³-hybridized carbons (Fsp3) is 0.312. The lowest BCUT2D eigenvalue weighted by molar-refractivity contribution is 0.844. The molecule has 0 heterocycles. The van der Waals surface area contributed by atoms with E-state index in [1.807, 2.05) is 36.4 Å². The summed E-state index contributed by atoms with van der Waals surface area (Å²) in [6.07, 6.45) is 10.3. The van der Waals surface area contributed by atoms with Gasteiger partial charge >= 0.3 is 0 Å². The lowest BCUT2D eigenvalue weighted by atomic mass is 9.97. The van der Waals surface area contributed by atoms with Crippen molar-refractivity contribution < 1.29 is 0 Å². The van der Waals surface area contributed by atoms with Crippen molar-refractivity contribution in [3.63, 3.8) is 0 Å². The van der Waals surface area contributed by atoms with Crippen LogP contribution in [0.15, 0.2) is 55.1 Å². The van der Waals surface area contributed by atoms with E-state index in [-0.39, 0.29) is 5.92 Å². The van der Waals surface area contributed by atoms with Crippen LogP contribution >= 0.6 is 0 Å². The Morgan fingerprint density at radius 1 is 1.18 bits per heavy atom. The summed E-state index contributed by atoms with van der Waals surface area (Å²) in [5.74, 6) is -0.0214. The average Bonchev–Trinajstić information content (AvgIpc) is 2.39. The maximum absolute atomic E-state index is 9.12. The fourth-order valence-corrected chi connectivity index (χ4v) is 1.68. The molecule has 0 bridgehead atoms. The Morgan fingerprint density at radius 3 is 2.59 bits per heavy atom. The Labute approximate surface area is 104 Å². The van der Waals surface area contributed by atoms with Crippen LogP contribution in [0.1, 0.15) is 37.2 Å². The standard InChI is InChI=1S/C16H19N/c1-2-3-4-5-6-8-13-16(14-17)15-11-9-7-10-12-15/h2,6-12,16H,1,3-5,13H2/b8-6+. The van der Waals surface area contributed by atoms with Crippen molar-refractivity contribution in [2.45, 2.75) is 31.6 Å². The van der Waals surface area contributed by atoms with Crippen molar-refractivity contribution in [2.75, 3.05) is 0 Å². The van der Waals surface area contributed by atoms with Gasteiger partial charge in [-0.2, -0.15) is 5.26 Å². The highest BCUT2D eigenvalue weighted by atomic mass is 14.3. The van der Waals surface area contributed by atoms with Gasteiger partial charge in [0.2, 0.25) is 0 Å². The molecule has 0 aliphatic rings. The number of benzene rings is 1. The van der Waals surface area contributed by atoms with Gasteiger partial charge in [-0.15, -0.1) is 6.58 Å². The molecule has 17 heavy (non-hydrogen) atoms. The molecular formula is C16H19N. The summed E-state index contributed by atoms with van der Waals surface area (Å²) < 4.78 is 0. The van der Waals surface area contributed by atoms with Crippen molar-refractivity contribution in [3.8, 4) is 6.07 Å². The monoisotopic (exact) mass is 225 g/mol. The second kappa shape index (κ2) is 8.35. The van der Waals surface area contributed by atoms with Crippen LogP contribution in [0.5, 0.6) is 0 Å². The average molecular weight is 225 g/mol. The summed E-state index contributed by atoms with van der Waals surface area (Å²) in [6.45, 7) is 3.69. The molecule has 1 aromatic carbocycles. The summed E-state index contributed by atoms with van der Waals surface area (Å²) in [7, 11) is 0. The van der Waals surface area contributed by atoms with Crippen molar-refractivity contribution in [1.82, 2.24) is 0 Å². The number of rotatable bonds is 7. The van der Waals surface area contributed by atoms with Crippen molar-refractivity contribution in [2.24, 2.45) is 0 Å². The molecule has 0 spiro atoms. The third-order valence-corrected chi connectivity index (χ3v) is 2.68. The van der Waals surface area contributed by atoms with Gasteiger partial charge in [-0.3, -0.25) is 0 Å². The summed E-state index contributed by atoms with van der Waals surface area (Å²) in [4.78, 5) is 0. The number of nitriles is 1. The molecule has 1 nitrogen and oxygen atoms in total. The number of nitrogens with zero attached hydrogens (tertiary/aromatic N) is 1. The molecule has 0 fully saturated rings. The van der Waals surface area contributed by atoms with Gasteiger partial charge in [0.25, 0.3) is 0 Å². The highest BCUT2D eigenvalue weighted by Crippen LogP contribution is 2.18. The van der Waals surface area contributed by atoms with E-state index >= 15 is 0 Å². The predicted molar refractivity (Wildman–Crippen MR) is 72.6 cm³/mol. The molecule has 1 aromatic rings. The Kier molecular flexibility index (Phi) is 6.51. The third kappa shape index (κ3) is 5.17. The molecule has 0 aliphatic carbocycles. The van der Waals surface area contributed by atoms with E-state index in [4.69, 9.17) is 5.26 Å². The van der Waals surface area contributed by atoms with E-state index in [9.17, 15) is 0 Å². The number of hydrogen-bond acceptors (Lipinski definition) is 1. The maximum atomic E-state index is 9.12. The minimum absolute atomic E-state index is 0.0214. The molecule has 0 N–H and O–H groups in total. The molecule has 0 aromatic heterocycles. The van der Waals surface area contributed by atoms with Gasteiger partial charge in [0.1, 0.15) is 0 Å². The zero-order valence-corrected chi connectivity index (χ0v) is 10.2. The SMILES string of the molecule is C=CCCC/C=C/CC(C#N)c1ccccc1. The normalized spacial score (nSPS) is 12.2. The van der Waals surface area contributed by atoms with Gasteiger partial charge in [0, 0.05) is 0 Å². The smallest absolute Gasteiger partial charge is 0.0747 e. The minimum Gasteiger partial charge on any atom is -0.198 e. The number of allylic oxidation sites excluding steroid dienone is 3. The Balaban J connectivity index is 2.39. The quantitative estimate of drug-likeness (QED) is 0.491. The molecule has 0 aliphatic heterocycles. The minimum atomic E-state index is -0.0214. The fourth-order valence-electron chi connectivity index (χ4n) is 1.68. The van der Waals surface area contributed by atoms with Crippen LogP contribution in [0.25, 0.3) is 0 Å². The molecule has 1 heteroatoms. The molecule has 0 saturated heterocycles. The van der Waals surface area contributed by atoms with Crippen LogP contribution in [0, 0.1) is 11.3 Å². The van der Waals surface area contributed by atoms with Crippen molar-refractivity contribution in [1.29, 1.82) is 5.26 Å². The maximum Gasteiger partial charge on any atom is 0.0747 e. The lowest BCUT2D eigenvalue weighted by Crippen LogP contribution is -1.93. The van der Waals surface area contributed by atoms with Crippen LogP contribution < -0.4 is 0 Å². The highest BCUT2D eigenvalue weighted by molar-refractivity contribution is 5.25. The van der Waals surface area contributed by atoms with Gasteiger partial charge in [-0.25, -0.2) is 0 Å². The van der Waals surface area contributed by atoms with Gasteiger partial charge < -0.3 is 0 Å². The molecule has 1 atom stereocenters. The van der Waals surface area contributed by atoms with Crippen molar-refractivity contribution in [3.05, 3.63) is 60.7 Å². The van der Waals surface area contributed by atoms with Crippen LogP contribution in [-0.2, 0) is 0 Å². The van der Waals surface area contributed by atoms with E-state index in [1.165, 1.54) is 0 Å². The Hall–Kier alpha value is -1.81. The van der Waals surface area contributed by atoms with Crippen LogP contribution in [0.4, 0.5) is 0 Å². The first-order valence-electron chi connectivity index (χ1n) is 6.09. The summed E-state index contributed by atoms with van der Waals surface area (Å²) in [5, 5.41) is 9.12. The van der Waals surface area contributed by atoms with E-state index in [0.29, 0.717) is 0 Å². The zero-order valence-electron chi connectivity index (χ0n) is 10.2. The second-order valence-electron chi connectivity index (χ2n) is 4.02. The molecule has 1 unspecified atom stereocenters. The number of hydrogen-bond donors (Lipinski definition) is 0. The summed E-state index contributed by atoms with van der Waals surface area (Å²) >= 11 is 0. The van der Waals surface area contributed by atoms with Gasteiger partial charge in [-0.05, 0) is 31.2 Å². The molecule has 0 saturated carbocycles. The van der Waals surface area contributed by atoms with E-state index in [0.717, 1.165) is 31.2 Å². The summed E-state index contributed by atoms with van der Waals surface area (Å²) in [5.41, 5.74) is 1.10. The second-order valence-corrected chi connectivity index (χ2v) is 4.02. The van der Waals surface area contributed by atoms with Crippen molar-refractivity contribution >= 4 is 0 Å². The third-order valence-electron chi connectivity index (χ3n) is 2.68. The first-order valence-corrected chi connectivity index (χ1v) is 6.09. The molecule has 88 valence electrons. The molecular weight excluding hydrogens is 206 g/mol. The molecule has 0 amide bonds. The van der Waals surface area contributed by atoms with E-state index < -0.39 is 0 Å².